The maximum atomic E-state index is 10.5. The van der Waals surface area contributed by atoms with E-state index in [4.69, 9.17) is 9.90 Å². The molecule has 6 nitrogen and oxygen atoms in total. The molecule has 0 aliphatic rings. The van der Waals surface area contributed by atoms with E-state index in [2.05, 4.69) is 37.3 Å². The van der Waals surface area contributed by atoms with Crippen LogP contribution in [0.4, 0.5) is 0 Å². The van der Waals surface area contributed by atoms with E-state index in [1.807, 2.05) is 13.8 Å². The minimum Gasteiger partial charge on any atom is -0.545 e. The van der Waals surface area contributed by atoms with Crippen LogP contribution in [-0.2, 0) is 14.4 Å². The molecule has 0 unspecified atom stereocenters. The van der Waals surface area contributed by atoms with Gasteiger partial charge in [0.25, 0.3) is 0 Å². The Morgan fingerprint density at radius 3 is 1.70 bits per heavy atom. The van der Waals surface area contributed by atoms with Crippen molar-refractivity contribution in [3.05, 3.63) is 38.0 Å². The molecule has 0 atom stereocenters. The fourth-order valence-corrected chi connectivity index (χ4v) is 0.804. The van der Waals surface area contributed by atoms with Crippen molar-refractivity contribution in [2.24, 2.45) is 0 Å². The van der Waals surface area contributed by atoms with E-state index < -0.39 is 5.97 Å². The molecule has 0 saturated heterocycles. The third-order valence-electron chi connectivity index (χ3n) is 1.80. The van der Waals surface area contributed by atoms with Gasteiger partial charge < -0.3 is 20.5 Å². The Morgan fingerprint density at radius 2 is 1.48 bits per heavy atom. The Balaban J connectivity index is -0.000000120. The largest absolute Gasteiger partial charge is 1.00 e. The molecule has 2 N–H and O–H groups in total. The van der Waals surface area contributed by atoms with E-state index >= 15 is 0 Å². The van der Waals surface area contributed by atoms with E-state index in [9.17, 15) is 9.59 Å². The molecule has 2 amide bonds. The van der Waals surface area contributed by atoms with Crippen molar-refractivity contribution in [3.63, 3.8) is 0 Å². The Labute approximate surface area is 161 Å². The number of nitrogens with one attached hydrogen (secondary N) is 2. The molecule has 0 aliphatic carbocycles. The summed E-state index contributed by atoms with van der Waals surface area (Å²) < 4.78 is 0. The fourth-order valence-electron chi connectivity index (χ4n) is 0.804. The monoisotopic (exact) mass is 334 g/mol. The molecule has 0 radical (unpaired) electrons. The molecular weight excluding hydrogens is 307 g/mol. The maximum absolute atomic E-state index is 10.5. The van der Waals surface area contributed by atoms with Crippen LogP contribution in [0, 0.1) is 0 Å². The molecular formula is C16H27N2NaO4. The van der Waals surface area contributed by atoms with Gasteiger partial charge in [0.1, 0.15) is 0 Å². The number of unbranched alkanes of at least 4 members (excludes halogenated alkanes) is 1. The number of rotatable bonds is 7. The van der Waals surface area contributed by atoms with Crippen LogP contribution in [0.15, 0.2) is 38.0 Å². The van der Waals surface area contributed by atoms with Crippen LogP contribution in [0.25, 0.3) is 0 Å². The predicted molar refractivity (Wildman–Crippen MR) is 86.8 cm³/mol. The van der Waals surface area contributed by atoms with Gasteiger partial charge in [0.15, 0.2) is 0 Å². The summed E-state index contributed by atoms with van der Waals surface area (Å²) in [6.45, 7) is 16.2. The summed E-state index contributed by atoms with van der Waals surface area (Å²) in [5.41, 5.74) is 0. The molecule has 126 valence electrons. The number of carboxylic acid groups (broad SMARTS) is 1. The molecule has 0 aliphatic heterocycles. The van der Waals surface area contributed by atoms with Crippen LogP contribution in [0.1, 0.15) is 33.6 Å². The Morgan fingerprint density at radius 1 is 1.04 bits per heavy atom. The minimum absolute atomic E-state index is 0. The van der Waals surface area contributed by atoms with E-state index in [1.165, 1.54) is 12.2 Å². The summed E-state index contributed by atoms with van der Waals surface area (Å²) in [5, 5.41) is 14.5. The molecule has 0 spiro atoms. The summed E-state index contributed by atoms with van der Waals surface area (Å²) in [5.74, 6) is -1.42. The molecule has 0 bridgehead atoms. The number of carbonyl (C=O) groups excluding carboxylic acids is 3. The Bertz CT molecular complexity index is 369. The van der Waals surface area contributed by atoms with E-state index in [0.29, 0.717) is 0 Å². The molecule has 0 heterocycles. The first-order valence-corrected chi connectivity index (χ1v) is 6.91. The topological polar surface area (TPSA) is 98.3 Å². The molecule has 0 saturated carbocycles. The summed E-state index contributed by atoms with van der Waals surface area (Å²) in [4.78, 5) is 30.0. The third kappa shape index (κ3) is 38.5. The van der Waals surface area contributed by atoms with E-state index in [0.717, 1.165) is 25.5 Å². The van der Waals surface area contributed by atoms with E-state index in [1.54, 1.807) is 0 Å². The molecule has 0 fully saturated rings. The van der Waals surface area contributed by atoms with Crippen molar-refractivity contribution in [2.45, 2.75) is 39.7 Å². The van der Waals surface area contributed by atoms with Gasteiger partial charge in [-0.1, -0.05) is 33.1 Å². The first-order chi connectivity index (χ1) is 10.2. The normalized spacial score (nSPS) is 7.83. The summed E-state index contributed by atoms with van der Waals surface area (Å²) in [6, 6.07) is 0.209. The first kappa shape index (κ1) is 29.6. The SMILES string of the molecule is C=CC(=O)NC(C)C.C=CC(=O)NCCCC.C=CC(=O)[O-].[Na+]. The van der Waals surface area contributed by atoms with Gasteiger partial charge in [0, 0.05) is 12.6 Å². The van der Waals surface area contributed by atoms with Crippen LogP contribution in [0.2, 0.25) is 0 Å². The van der Waals surface area contributed by atoms with Gasteiger partial charge >= 0.3 is 29.6 Å². The van der Waals surface area contributed by atoms with Crippen LogP contribution in [-0.4, -0.2) is 30.4 Å². The second-order valence-corrected chi connectivity index (χ2v) is 4.24. The Hall–Kier alpha value is -1.37. The number of carbonyl (C=O) groups is 3. The molecule has 7 heteroatoms. The fraction of sp³-hybridized carbons (Fsp3) is 0.438. The number of aliphatic carboxylic acids is 1. The number of hydrogen-bond donors (Lipinski definition) is 2. The van der Waals surface area contributed by atoms with Gasteiger partial charge in [-0.05, 0) is 38.5 Å². The summed E-state index contributed by atoms with van der Waals surface area (Å²) in [6.07, 6.45) is 5.42. The van der Waals surface area contributed by atoms with Crippen molar-refractivity contribution in [3.8, 4) is 0 Å². The number of amides is 2. The number of carboxylic acids is 1. The third-order valence-corrected chi connectivity index (χ3v) is 1.80. The summed E-state index contributed by atoms with van der Waals surface area (Å²) in [7, 11) is 0. The van der Waals surface area contributed by atoms with Gasteiger partial charge in [0.2, 0.25) is 11.8 Å². The van der Waals surface area contributed by atoms with Crippen LogP contribution in [0.5, 0.6) is 0 Å². The summed E-state index contributed by atoms with van der Waals surface area (Å²) >= 11 is 0. The molecule has 0 rings (SSSR count). The van der Waals surface area contributed by atoms with Gasteiger partial charge in [-0.15, -0.1) is 0 Å². The first-order valence-electron chi connectivity index (χ1n) is 6.91. The van der Waals surface area contributed by atoms with Crippen molar-refractivity contribution < 1.29 is 49.0 Å². The zero-order valence-corrected chi connectivity index (χ0v) is 16.7. The zero-order valence-electron chi connectivity index (χ0n) is 14.7. The minimum atomic E-state index is -1.23. The average Bonchev–Trinajstić information content (AvgIpc) is 2.47. The molecule has 0 aromatic heterocycles. The second-order valence-electron chi connectivity index (χ2n) is 4.24. The number of hydrogen-bond acceptors (Lipinski definition) is 4. The van der Waals surface area contributed by atoms with Gasteiger partial charge in [-0.3, -0.25) is 9.59 Å². The van der Waals surface area contributed by atoms with Gasteiger partial charge in [-0.2, -0.15) is 0 Å². The Kier molecular flexibility index (Phi) is 29.5. The van der Waals surface area contributed by atoms with Crippen LogP contribution in [0.3, 0.4) is 0 Å². The van der Waals surface area contributed by atoms with Crippen molar-refractivity contribution in [2.75, 3.05) is 6.54 Å². The van der Waals surface area contributed by atoms with Crippen LogP contribution < -0.4 is 45.3 Å². The second kappa shape index (κ2) is 22.9. The molecule has 0 aromatic rings. The van der Waals surface area contributed by atoms with Gasteiger partial charge in [-0.25, -0.2) is 0 Å². The molecule has 23 heavy (non-hydrogen) atoms. The smallest absolute Gasteiger partial charge is 0.545 e. The van der Waals surface area contributed by atoms with Crippen molar-refractivity contribution in [1.29, 1.82) is 0 Å². The van der Waals surface area contributed by atoms with Gasteiger partial charge in [0.05, 0.1) is 5.97 Å². The quantitative estimate of drug-likeness (QED) is 0.311. The van der Waals surface area contributed by atoms with E-state index in [-0.39, 0.29) is 47.4 Å². The van der Waals surface area contributed by atoms with Crippen molar-refractivity contribution in [1.82, 2.24) is 10.6 Å². The predicted octanol–water partition coefficient (Wildman–Crippen LogP) is -2.29. The standard InChI is InChI=1S/C7H13NO.C6H11NO.C3H4O2.Na/c1-3-5-6-8-7(9)4-2;1-4-6(8)7-5(2)3;1-2-3(4)5;/h4H,2-3,5-6H2,1H3,(H,8,9);4-5H,1H2,2-3H3,(H,7,8);2H,1H2,(H,4,5);/q;;;+1/p-1. The zero-order chi connectivity index (χ0) is 18.0. The average molecular weight is 334 g/mol. The molecule has 0 aromatic carbocycles. The maximum Gasteiger partial charge on any atom is 1.00 e. The van der Waals surface area contributed by atoms with Crippen molar-refractivity contribution >= 4 is 17.8 Å². The van der Waals surface area contributed by atoms with Crippen LogP contribution >= 0.6 is 0 Å².